The van der Waals surface area contributed by atoms with Crippen LogP contribution < -0.4 is 59.1 Å². The van der Waals surface area contributed by atoms with Gasteiger partial charge in [-0.1, -0.05) is 119 Å². The molecule has 0 fully saturated rings. The Hall–Kier alpha value is 0.440. The van der Waals surface area contributed by atoms with Crippen LogP contribution in [0.15, 0.2) is 54.6 Å². The predicted molar refractivity (Wildman–Crippen MR) is 110 cm³/mol. The van der Waals surface area contributed by atoms with Gasteiger partial charge in [0.25, 0.3) is 0 Å². The van der Waals surface area contributed by atoms with Gasteiger partial charge in [0.05, 0.1) is 0 Å². The molecule has 0 atom stereocenters. The summed E-state index contributed by atoms with van der Waals surface area (Å²) in [6.45, 7) is 2.29. The minimum Gasteiger partial charge on any atom is -1.00 e. The molecular weight excluding hydrogens is 334 g/mol. The summed E-state index contributed by atoms with van der Waals surface area (Å²) in [5.74, 6) is 0. The first-order valence-corrected chi connectivity index (χ1v) is 10.0. The molecule has 0 amide bonds. The molecular formula is C24H36Na2. The summed E-state index contributed by atoms with van der Waals surface area (Å²) in [7, 11) is 0. The van der Waals surface area contributed by atoms with Crippen LogP contribution in [0, 0.1) is 0 Å². The molecule has 0 heterocycles. The van der Waals surface area contributed by atoms with Gasteiger partial charge in [-0.25, -0.2) is 0 Å². The number of hydrogen-bond donors (Lipinski definition) is 0. The third kappa shape index (κ3) is 10.7. The molecule has 2 aromatic rings. The fraction of sp³-hybridized carbons (Fsp3) is 0.500. The summed E-state index contributed by atoms with van der Waals surface area (Å²) in [5, 5.41) is 0. The molecule has 0 N–H and O–H groups in total. The minimum atomic E-state index is 0. The van der Waals surface area contributed by atoms with Crippen LogP contribution in [0.2, 0.25) is 0 Å². The van der Waals surface area contributed by atoms with E-state index >= 15 is 0 Å². The average molecular weight is 371 g/mol. The van der Waals surface area contributed by atoms with E-state index in [0.717, 1.165) is 0 Å². The molecule has 0 bridgehead atoms. The summed E-state index contributed by atoms with van der Waals surface area (Å²) in [6, 6.07) is 19.7. The molecule has 0 spiro atoms. The molecule has 0 unspecified atom stereocenters. The largest absolute Gasteiger partial charge is 1.00 e. The first-order valence-electron chi connectivity index (χ1n) is 10.0. The van der Waals surface area contributed by atoms with Crippen LogP contribution in [0.1, 0.15) is 79.5 Å². The number of unbranched alkanes of at least 4 members (excludes halogenated alkanes) is 9. The SMILES string of the molecule is CCCCCCCCCCCCc1ccccc1-c1ccccc1.[H-].[H-].[Na+].[Na+]. The maximum Gasteiger partial charge on any atom is 1.00 e. The van der Waals surface area contributed by atoms with E-state index in [1.165, 1.54) is 87.3 Å². The monoisotopic (exact) mass is 370 g/mol. The molecule has 2 aromatic carbocycles. The van der Waals surface area contributed by atoms with Crippen LogP contribution in [0.3, 0.4) is 0 Å². The molecule has 0 saturated carbocycles. The Bertz CT molecular complexity index is 562. The molecule has 0 aliphatic carbocycles. The summed E-state index contributed by atoms with van der Waals surface area (Å²) in [4.78, 5) is 0. The van der Waals surface area contributed by atoms with Gasteiger partial charge in [-0.05, 0) is 29.5 Å². The minimum absolute atomic E-state index is 0. The number of hydrogen-bond acceptors (Lipinski definition) is 0. The molecule has 2 rings (SSSR count). The van der Waals surface area contributed by atoms with Gasteiger partial charge < -0.3 is 2.85 Å². The normalized spacial score (nSPS) is 10.0. The van der Waals surface area contributed by atoms with Gasteiger partial charge >= 0.3 is 59.1 Å². The summed E-state index contributed by atoms with van der Waals surface area (Å²) in [5.41, 5.74) is 4.26. The van der Waals surface area contributed by atoms with Gasteiger partial charge in [-0.3, -0.25) is 0 Å². The molecule has 0 saturated heterocycles. The van der Waals surface area contributed by atoms with E-state index in [-0.39, 0.29) is 62.0 Å². The van der Waals surface area contributed by atoms with E-state index in [4.69, 9.17) is 0 Å². The van der Waals surface area contributed by atoms with E-state index < -0.39 is 0 Å². The third-order valence-corrected chi connectivity index (χ3v) is 4.90. The van der Waals surface area contributed by atoms with Crippen molar-refractivity contribution in [2.45, 2.75) is 77.6 Å². The van der Waals surface area contributed by atoms with Crippen molar-refractivity contribution in [1.29, 1.82) is 0 Å². The fourth-order valence-electron chi connectivity index (χ4n) is 3.44. The first kappa shape index (κ1) is 26.4. The molecule has 0 nitrogen and oxygen atoms in total. The Kier molecular flexibility index (Phi) is 17.8. The van der Waals surface area contributed by atoms with Gasteiger partial charge in [0.2, 0.25) is 0 Å². The molecule has 2 heteroatoms. The van der Waals surface area contributed by atoms with Crippen molar-refractivity contribution >= 4 is 0 Å². The Morgan fingerprint density at radius 1 is 0.577 bits per heavy atom. The van der Waals surface area contributed by atoms with E-state index in [2.05, 4.69) is 61.5 Å². The first-order chi connectivity index (χ1) is 11.9. The molecule has 134 valence electrons. The number of rotatable bonds is 12. The van der Waals surface area contributed by atoms with Crippen molar-refractivity contribution in [3.8, 4) is 11.1 Å². The van der Waals surface area contributed by atoms with Crippen molar-refractivity contribution in [2.75, 3.05) is 0 Å². The van der Waals surface area contributed by atoms with Gasteiger partial charge in [-0.2, -0.15) is 0 Å². The number of benzene rings is 2. The second-order valence-electron chi connectivity index (χ2n) is 6.96. The Labute approximate surface area is 209 Å². The van der Waals surface area contributed by atoms with Crippen molar-refractivity contribution < 1.29 is 62.0 Å². The predicted octanol–water partition coefficient (Wildman–Crippen LogP) is 2.05. The van der Waals surface area contributed by atoms with Crippen LogP contribution in [0.5, 0.6) is 0 Å². The quantitative estimate of drug-likeness (QED) is 0.396. The maximum atomic E-state index is 2.30. The smallest absolute Gasteiger partial charge is 1.00 e. The van der Waals surface area contributed by atoms with Crippen molar-refractivity contribution in [3.63, 3.8) is 0 Å². The van der Waals surface area contributed by atoms with Crippen LogP contribution in [-0.4, -0.2) is 0 Å². The fourth-order valence-corrected chi connectivity index (χ4v) is 3.44. The summed E-state index contributed by atoms with van der Waals surface area (Å²) < 4.78 is 0. The van der Waals surface area contributed by atoms with Crippen LogP contribution in [-0.2, 0) is 6.42 Å². The van der Waals surface area contributed by atoms with Crippen LogP contribution >= 0.6 is 0 Å². The Morgan fingerprint density at radius 3 is 1.69 bits per heavy atom. The average Bonchev–Trinajstić information content (AvgIpc) is 2.64. The van der Waals surface area contributed by atoms with E-state index in [0.29, 0.717) is 0 Å². The molecule has 26 heavy (non-hydrogen) atoms. The third-order valence-electron chi connectivity index (χ3n) is 4.90. The molecule has 0 aliphatic rings. The summed E-state index contributed by atoms with van der Waals surface area (Å²) in [6.07, 6.45) is 15.3. The van der Waals surface area contributed by atoms with Crippen molar-refractivity contribution in [3.05, 3.63) is 60.2 Å². The standard InChI is InChI=1S/C24H34.2Na.2H/c1-2-3-4-5-6-7-8-9-10-12-17-23-20-15-16-21-24(23)22-18-13-11-14-19-22;;;;/h11,13-16,18-21H,2-10,12,17H2,1H3;;;;/q;2*+1;2*-1. The molecule has 0 aromatic heterocycles. The number of aryl methyl sites for hydroxylation is 1. The second-order valence-corrected chi connectivity index (χ2v) is 6.96. The van der Waals surface area contributed by atoms with E-state index in [9.17, 15) is 0 Å². The zero-order chi connectivity index (χ0) is 16.9. The second kappa shape index (κ2) is 17.5. The van der Waals surface area contributed by atoms with Gasteiger partial charge in [0.1, 0.15) is 0 Å². The van der Waals surface area contributed by atoms with Gasteiger partial charge in [0.15, 0.2) is 0 Å². The van der Waals surface area contributed by atoms with Gasteiger partial charge in [-0.15, -0.1) is 0 Å². The Morgan fingerprint density at radius 2 is 1.08 bits per heavy atom. The van der Waals surface area contributed by atoms with Crippen LogP contribution in [0.25, 0.3) is 11.1 Å². The van der Waals surface area contributed by atoms with E-state index in [1.807, 2.05) is 0 Å². The topological polar surface area (TPSA) is 0 Å². The van der Waals surface area contributed by atoms with Crippen molar-refractivity contribution in [1.82, 2.24) is 0 Å². The van der Waals surface area contributed by atoms with Gasteiger partial charge in [0, 0.05) is 0 Å². The van der Waals surface area contributed by atoms with E-state index in [1.54, 1.807) is 0 Å². The van der Waals surface area contributed by atoms with Crippen LogP contribution in [0.4, 0.5) is 0 Å². The van der Waals surface area contributed by atoms with Crippen molar-refractivity contribution in [2.24, 2.45) is 0 Å². The molecule has 0 aliphatic heterocycles. The zero-order valence-corrected chi connectivity index (χ0v) is 21.5. The maximum absolute atomic E-state index is 2.30. The summed E-state index contributed by atoms with van der Waals surface area (Å²) >= 11 is 0. The molecule has 0 radical (unpaired) electrons. The Balaban J connectivity index is -0.00000156. The zero-order valence-electron chi connectivity index (χ0n) is 19.5.